The molecule has 1 aromatic heterocycles. The van der Waals surface area contributed by atoms with E-state index in [-0.39, 0.29) is 11.8 Å². The Morgan fingerprint density at radius 3 is 2.29 bits per heavy atom. The highest BCUT2D eigenvalue weighted by atomic mass is 16.3. The van der Waals surface area contributed by atoms with Crippen LogP contribution in [0.4, 0.5) is 0 Å². The summed E-state index contributed by atoms with van der Waals surface area (Å²) in [5.74, 6) is 0.610. The van der Waals surface area contributed by atoms with Crippen molar-refractivity contribution in [1.82, 2.24) is 9.80 Å². The first-order valence-corrected chi connectivity index (χ1v) is 8.00. The minimum Gasteiger partial charge on any atom is -0.465 e. The van der Waals surface area contributed by atoms with Gasteiger partial charge in [-0.2, -0.15) is 0 Å². The molecular weight excluding hydrogens is 304 g/mol. The number of furan rings is 1. The van der Waals surface area contributed by atoms with Crippen LogP contribution in [-0.4, -0.2) is 47.8 Å². The molecule has 1 saturated heterocycles. The fourth-order valence-electron chi connectivity index (χ4n) is 2.65. The number of carbonyl (C=O) groups excluding carboxylic acids is 2. The van der Waals surface area contributed by atoms with Crippen LogP contribution < -0.4 is 0 Å². The molecule has 1 aliphatic heterocycles. The average Bonchev–Trinajstić information content (AvgIpc) is 3.13. The lowest BCUT2D eigenvalue weighted by molar-refractivity contribution is -0.127. The monoisotopic (exact) mass is 324 g/mol. The minimum atomic E-state index is -0.0613. The Balaban J connectivity index is 1.54. The van der Waals surface area contributed by atoms with Crippen LogP contribution in [0.3, 0.4) is 0 Å². The molecule has 5 heteroatoms. The average molecular weight is 324 g/mol. The molecular formula is C19H20N2O3. The van der Waals surface area contributed by atoms with E-state index >= 15 is 0 Å². The molecule has 0 radical (unpaired) electrons. The number of benzene rings is 1. The number of hydrogen-bond donors (Lipinski definition) is 0. The molecule has 0 N–H and O–H groups in total. The number of carbonyl (C=O) groups is 2. The smallest absolute Gasteiger partial charge is 0.253 e. The second-order valence-electron chi connectivity index (χ2n) is 5.83. The van der Waals surface area contributed by atoms with E-state index in [0.29, 0.717) is 37.5 Å². The first-order chi connectivity index (χ1) is 11.6. The molecule has 0 unspecified atom stereocenters. The molecule has 0 spiro atoms. The second kappa shape index (κ2) is 7.17. The van der Waals surface area contributed by atoms with E-state index in [4.69, 9.17) is 4.42 Å². The summed E-state index contributed by atoms with van der Waals surface area (Å²) in [5.41, 5.74) is 1.82. The molecule has 5 nitrogen and oxygen atoms in total. The third-order valence-electron chi connectivity index (χ3n) is 4.11. The zero-order valence-electron chi connectivity index (χ0n) is 13.6. The van der Waals surface area contributed by atoms with E-state index < -0.39 is 0 Å². The Bertz CT molecular complexity index is 724. The van der Waals surface area contributed by atoms with Crippen LogP contribution in [0.5, 0.6) is 0 Å². The second-order valence-corrected chi connectivity index (χ2v) is 5.83. The van der Waals surface area contributed by atoms with Crippen molar-refractivity contribution in [3.63, 3.8) is 0 Å². The summed E-state index contributed by atoms with van der Waals surface area (Å²) in [7, 11) is 0. The predicted molar refractivity (Wildman–Crippen MR) is 91.4 cm³/mol. The highest BCUT2D eigenvalue weighted by molar-refractivity contribution is 5.95. The SMILES string of the molecule is Cc1ccc(C(=O)N2CCN(C(=O)/C=C/c3ccco3)CC2)cc1. The van der Waals surface area contributed by atoms with Gasteiger partial charge in [0.15, 0.2) is 0 Å². The molecule has 0 aliphatic carbocycles. The molecule has 1 aromatic carbocycles. The number of aryl methyl sites for hydroxylation is 1. The lowest BCUT2D eigenvalue weighted by atomic mass is 10.1. The third kappa shape index (κ3) is 3.74. The summed E-state index contributed by atoms with van der Waals surface area (Å²) in [5, 5.41) is 0. The zero-order valence-corrected chi connectivity index (χ0v) is 13.6. The highest BCUT2D eigenvalue weighted by Gasteiger charge is 2.23. The molecule has 0 saturated carbocycles. The molecule has 0 bridgehead atoms. The van der Waals surface area contributed by atoms with Crippen LogP contribution in [-0.2, 0) is 4.79 Å². The summed E-state index contributed by atoms with van der Waals surface area (Å²) in [4.78, 5) is 28.2. The fourth-order valence-corrected chi connectivity index (χ4v) is 2.65. The third-order valence-corrected chi connectivity index (χ3v) is 4.11. The molecule has 2 aromatic rings. The molecule has 2 amide bonds. The number of amides is 2. The number of piperazine rings is 1. The van der Waals surface area contributed by atoms with Gasteiger partial charge >= 0.3 is 0 Å². The van der Waals surface area contributed by atoms with Crippen molar-refractivity contribution in [1.29, 1.82) is 0 Å². The van der Waals surface area contributed by atoms with Crippen LogP contribution in [0.2, 0.25) is 0 Å². The summed E-state index contributed by atoms with van der Waals surface area (Å²) in [6.07, 6.45) is 4.74. The first-order valence-electron chi connectivity index (χ1n) is 8.00. The van der Waals surface area contributed by atoms with E-state index in [9.17, 15) is 9.59 Å². The van der Waals surface area contributed by atoms with Gasteiger partial charge in [0, 0.05) is 37.8 Å². The van der Waals surface area contributed by atoms with Gasteiger partial charge in [-0.1, -0.05) is 17.7 Å². The van der Waals surface area contributed by atoms with E-state index in [1.54, 1.807) is 34.3 Å². The van der Waals surface area contributed by atoms with Crippen molar-refractivity contribution in [2.24, 2.45) is 0 Å². The molecule has 0 atom stereocenters. The summed E-state index contributed by atoms with van der Waals surface area (Å²) in [6.45, 7) is 4.17. The highest BCUT2D eigenvalue weighted by Crippen LogP contribution is 2.11. The number of rotatable bonds is 3. The first kappa shape index (κ1) is 16.1. The predicted octanol–water partition coefficient (Wildman–Crippen LogP) is 2.59. The Morgan fingerprint density at radius 2 is 1.67 bits per heavy atom. The standard InChI is InChI=1S/C19H20N2O3/c1-15-4-6-16(7-5-15)19(23)21-12-10-20(11-13-21)18(22)9-8-17-3-2-14-24-17/h2-9,14H,10-13H2,1H3/b9-8+. The van der Waals surface area contributed by atoms with E-state index in [1.165, 1.54) is 6.08 Å². The van der Waals surface area contributed by atoms with Gasteiger partial charge in [0.1, 0.15) is 5.76 Å². The lowest BCUT2D eigenvalue weighted by Gasteiger charge is -2.34. The molecule has 1 fully saturated rings. The maximum atomic E-state index is 12.5. The Morgan fingerprint density at radius 1 is 1.00 bits per heavy atom. The van der Waals surface area contributed by atoms with Crippen LogP contribution >= 0.6 is 0 Å². The fraction of sp³-hybridized carbons (Fsp3) is 0.263. The van der Waals surface area contributed by atoms with Crippen LogP contribution in [0.15, 0.2) is 53.2 Å². The van der Waals surface area contributed by atoms with Gasteiger partial charge < -0.3 is 14.2 Å². The van der Waals surface area contributed by atoms with Crippen LogP contribution in [0, 0.1) is 6.92 Å². The van der Waals surface area contributed by atoms with Gasteiger partial charge in [0.25, 0.3) is 5.91 Å². The Labute approximate surface area is 141 Å². The van der Waals surface area contributed by atoms with Gasteiger partial charge in [0.2, 0.25) is 5.91 Å². The van der Waals surface area contributed by atoms with Crippen molar-refractivity contribution in [3.05, 3.63) is 65.6 Å². The maximum absolute atomic E-state index is 12.5. The Kier molecular flexibility index (Phi) is 4.79. The molecule has 2 heterocycles. The number of nitrogens with zero attached hydrogens (tertiary/aromatic N) is 2. The van der Waals surface area contributed by atoms with Crippen molar-refractivity contribution >= 4 is 17.9 Å². The zero-order chi connectivity index (χ0) is 16.9. The minimum absolute atomic E-state index is 0.0215. The topological polar surface area (TPSA) is 53.8 Å². The molecule has 1 aliphatic rings. The van der Waals surface area contributed by atoms with Crippen LogP contribution in [0.1, 0.15) is 21.7 Å². The molecule has 24 heavy (non-hydrogen) atoms. The summed E-state index contributed by atoms with van der Waals surface area (Å²) < 4.78 is 5.17. The van der Waals surface area contributed by atoms with Gasteiger partial charge in [-0.25, -0.2) is 0 Å². The number of hydrogen-bond acceptors (Lipinski definition) is 3. The van der Waals surface area contributed by atoms with Crippen molar-refractivity contribution < 1.29 is 14.0 Å². The molecule has 3 rings (SSSR count). The van der Waals surface area contributed by atoms with Crippen molar-refractivity contribution in [2.75, 3.05) is 26.2 Å². The van der Waals surface area contributed by atoms with Crippen molar-refractivity contribution in [3.8, 4) is 0 Å². The van der Waals surface area contributed by atoms with E-state index in [0.717, 1.165) is 5.56 Å². The van der Waals surface area contributed by atoms with Gasteiger partial charge in [-0.15, -0.1) is 0 Å². The van der Waals surface area contributed by atoms with Crippen molar-refractivity contribution in [2.45, 2.75) is 6.92 Å². The van der Waals surface area contributed by atoms with Gasteiger partial charge in [-0.3, -0.25) is 9.59 Å². The van der Waals surface area contributed by atoms with Crippen LogP contribution in [0.25, 0.3) is 6.08 Å². The van der Waals surface area contributed by atoms with E-state index in [2.05, 4.69) is 0 Å². The van der Waals surface area contributed by atoms with E-state index in [1.807, 2.05) is 31.2 Å². The quantitative estimate of drug-likeness (QED) is 0.816. The van der Waals surface area contributed by atoms with Gasteiger partial charge in [0.05, 0.1) is 6.26 Å². The summed E-state index contributed by atoms with van der Waals surface area (Å²) in [6, 6.07) is 11.1. The normalized spacial score (nSPS) is 15.0. The molecule has 124 valence electrons. The largest absolute Gasteiger partial charge is 0.465 e. The summed E-state index contributed by atoms with van der Waals surface area (Å²) >= 11 is 0. The lowest BCUT2D eigenvalue weighted by Crippen LogP contribution is -2.50. The Hall–Kier alpha value is -2.82. The van der Waals surface area contributed by atoms with Gasteiger partial charge in [-0.05, 0) is 37.3 Å². The maximum Gasteiger partial charge on any atom is 0.253 e.